The number of nitrogens with two attached hydrogens (primary N) is 1. The van der Waals surface area contributed by atoms with Crippen LogP contribution in [0.1, 0.15) is 45.5 Å². The number of pyridine rings is 1. The molecule has 2 N–H and O–H groups in total. The number of anilines is 1. The van der Waals surface area contributed by atoms with E-state index in [0.717, 1.165) is 10.6 Å². The number of imidazole rings is 1. The Kier molecular flexibility index (Phi) is 5.65. The zero-order chi connectivity index (χ0) is 22.2. The minimum atomic E-state index is -1.08. The van der Waals surface area contributed by atoms with Gasteiger partial charge in [-0.3, -0.25) is 4.79 Å². The van der Waals surface area contributed by atoms with Crippen LogP contribution in [0.25, 0.3) is 11.0 Å². The van der Waals surface area contributed by atoms with Crippen LogP contribution in [-0.2, 0) is 17.7 Å². The van der Waals surface area contributed by atoms with Gasteiger partial charge in [-0.25, -0.2) is 23.1 Å². The summed E-state index contributed by atoms with van der Waals surface area (Å²) in [6.07, 6.45) is 1.48. The van der Waals surface area contributed by atoms with Crippen LogP contribution < -0.4 is 11.3 Å². The van der Waals surface area contributed by atoms with Crippen molar-refractivity contribution in [1.82, 2.24) is 14.1 Å². The zero-order valence-corrected chi connectivity index (χ0v) is 17.3. The Balaban J connectivity index is 2.27. The van der Waals surface area contributed by atoms with Gasteiger partial charge in [-0.2, -0.15) is 0 Å². The number of ether oxygens (including phenoxy) is 1. The first-order valence-corrected chi connectivity index (χ1v) is 9.60. The van der Waals surface area contributed by atoms with Crippen molar-refractivity contribution < 1.29 is 18.3 Å². The molecule has 0 spiro atoms. The number of aromatic nitrogens is 3. The summed E-state index contributed by atoms with van der Waals surface area (Å²) >= 11 is 0. The number of nitrogens with zero attached hydrogens (tertiary/aromatic N) is 3. The molecule has 0 aliphatic rings. The number of fused-ring (bicyclic) bond motifs is 1. The van der Waals surface area contributed by atoms with E-state index in [-0.39, 0.29) is 41.1 Å². The van der Waals surface area contributed by atoms with Crippen LogP contribution in [0, 0.1) is 11.6 Å². The van der Waals surface area contributed by atoms with Gasteiger partial charge in [0.25, 0.3) is 5.56 Å². The predicted octanol–water partition coefficient (Wildman–Crippen LogP) is 3.84. The summed E-state index contributed by atoms with van der Waals surface area (Å²) in [5.74, 6) is -1.97. The van der Waals surface area contributed by atoms with Crippen molar-refractivity contribution in [2.75, 3.05) is 5.73 Å². The third-order valence-electron chi connectivity index (χ3n) is 4.44. The quantitative estimate of drug-likeness (QED) is 0.695. The van der Waals surface area contributed by atoms with E-state index in [0.29, 0.717) is 6.42 Å². The summed E-state index contributed by atoms with van der Waals surface area (Å²) in [5, 5.41) is 0. The number of carbonyl (C=O) groups excluding carboxylic acids is 1. The monoisotopic (exact) mass is 418 g/mol. The van der Waals surface area contributed by atoms with Gasteiger partial charge in [0.15, 0.2) is 11.6 Å². The first-order valence-electron chi connectivity index (χ1n) is 9.60. The van der Waals surface area contributed by atoms with Crippen molar-refractivity contribution in [3.63, 3.8) is 0 Å². The molecule has 0 atom stereocenters. The number of nitrogen functional groups attached to an aromatic ring is 1. The summed E-state index contributed by atoms with van der Waals surface area (Å²) in [5.41, 5.74) is 4.74. The summed E-state index contributed by atoms with van der Waals surface area (Å²) < 4.78 is 36.6. The van der Waals surface area contributed by atoms with Crippen LogP contribution in [0.5, 0.6) is 0 Å². The minimum absolute atomic E-state index is 0.0289. The fourth-order valence-corrected chi connectivity index (χ4v) is 3.20. The fraction of sp³-hybridized carbons (Fsp3) is 0.381. The van der Waals surface area contributed by atoms with Gasteiger partial charge in [0, 0.05) is 17.8 Å². The van der Waals surface area contributed by atoms with Crippen LogP contribution in [0.4, 0.5) is 19.3 Å². The molecule has 0 radical (unpaired) electrons. The number of rotatable bonds is 4. The molecule has 160 valence electrons. The summed E-state index contributed by atoms with van der Waals surface area (Å²) in [6.45, 7) is 6.76. The molecular formula is C21H24F2N4O3. The zero-order valence-electron chi connectivity index (χ0n) is 17.3. The highest BCUT2D eigenvalue weighted by molar-refractivity contribution is 5.89. The predicted molar refractivity (Wildman–Crippen MR) is 109 cm³/mol. The van der Waals surface area contributed by atoms with Gasteiger partial charge in [-0.05, 0) is 39.3 Å². The van der Waals surface area contributed by atoms with Crippen molar-refractivity contribution in [2.24, 2.45) is 0 Å². The lowest BCUT2D eigenvalue weighted by Crippen LogP contribution is -2.30. The van der Waals surface area contributed by atoms with E-state index in [9.17, 15) is 18.4 Å². The van der Waals surface area contributed by atoms with Crippen LogP contribution in [0.2, 0.25) is 0 Å². The fourth-order valence-electron chi connectivity index (χ4n) is 3.20. The summed E-state index contributed by atoms with van der Waals surface area (Å²) in [7, 11) is 0. The Hall–Kier alpha value is -3.23. The van der Waals surface area contributed by atoms with Crippen LogP contribution in [-0.4, -0.2) is 25.8 Å². The second-order valence-electron chi connectivity index (χ2n) is 8.01. The number of carbonyl (C=O) groups is 1. The Labute approximate surface area is 172 Å². The largest absolute Gasteiger partial charge is 0.443 e. The van der Waals surface area contributed by atoms with Gasteiger partial charge in [-0.15, -0.1) is 0 Å². The van der Waals surface area contributed by atoms with E-state index in [1.165, 1.54) is 16.8 Å². The molecule has 0 aliphatic carbocycles. The summed E-state index contributed by atoms with van der Waals surface area (Å²) in [4.78, 5) is 29.7. The second kappa shape index (κ2) is 7.89. The van der Waals surface area contributed by atoms with Crippen molar-refractivity contribution in [3.8, 4) is 0 Å². The van der Waals surface area contributed by atoms with Crippen molar-refractivity contribution in [1.29, 1.82) is 0 Å². The van der Waals surface area contributed by atoms with E-state index in [1.54, 1.807) is 26.8 Å². The molecule has 0 aliphatic heterocycles. The minimum Gasteiger partial charge on any atom is -0.443 e. The Morgan fingerprint density at radius 2 is 2.00 bits per heavy atom. The van der Waals surface area contributed by atoms with Crippen molar-refractivity contribution >= 4 is 22.8 Å². The average Bonchev–Trinajstić information content (AvgIpc) is 2.99. The SMILES string of the molecule is CCCc1c(F)c(F)cc2c1nc(Cn1cccc(N)c1=O)n2C(=O)OC(C)(C)C. The van der Waals surface area contributed by atoms with Crippen LogP contribution in [0.3, 0.4) is 0 Å². The third kappa shape index (κ3) is 4.05. The highest BCUT2D eigenvalue weighted by atomic mass is 19.2. The van der Waals surface area contributed by atoms with Gasteiger partial charge in [-0.1, -0.05) is 13.3 Å². The molecule has 0 fully saturated rings. The molecule has 3 rings (SSSR count). The molecule has 9 heteroatoms. The lowest BCUT2D eigenvalue weighted by Gasteiger charge is -2.20. The second-order valence-corrected chi connectivity index (χ2v) is 8.01. The van der Waals surface area contributed by atoms with E-state index in [4.69, 9.17) is 10.5 Å². The van der Waals surface area contributed by atoms with Gasteiger partial charge in [0.2, 0.25) is 0 Å². The number of hydrogen-bond acceptors (Lipinski definition) is 5. The molecular weight excluding hydrogens is 394 g/mol. The van der Waals surface area contributed by atoms with Crippen molar-refractivity contribution in [2.45, 2.75) is 52.7 Å². The molecule has 0 bridgehead atoms. The maximum absolute atomic E-state index is 14.5. The maximum Gasteiger partial charge on any atom is 0.420 e. The van der Waals surface area contributed by atoms with E-state index < -0.39 is 28.9 Å². The first kappa shape index (κ1) is 21.5. The highest BCUT2D eigenvalue weighted by Gasteiger charge is 2.27. The topological polar surface area (TPSA) is 92.1 Å². The summed E-state index contributed by atoms with van der Waals surface area (Å²) in [6, 6.07) is 3.96. The number of hydrogen-bond donors (Lipinski definition) is 1. The third-order valence-corrected chi connectivity index (χ3v) is 4.44. The molecule has 7 nitrogen and oxygen atoms in total. The average molecular weight is 418 g/mol. The Morgan fingerprint density at radius 1 is 1.30 bits per heavy atom. The van der Waals surface area contributed by atoms with Gasteiger partial charge < -0.3 is 15.0 Å². The number of halogens is 2. The molecule has 0 unspecified atom stereocenters. The molecule has 2 aromatic heterocycles. The molecule has 0 saturated heterocycles. The lowest BCUT2D eigenvalue weighted by atomic mass is 10.1. The molecule has 30 heavy (non-hydrogen) atoms. The molecule has 2 heterocycles. The molecule has 3 aromatic rings. The standard InChI is InChI=1S/C21H24F2N4O3/c1-5-7-12-17(23)13(22)10-15-18(12)25-16(27(15)20(29)30-21(2,3)4)11-26-9-6-8-14(24)19(26)28/h6,8-10H,5,7,11,24H2,1-4H3. The number of benzene rings is 1. The number of aryl methyl sites for hydroxylation is 1. The normalized spacial score (nSPS) is 11.8. The smallest absolute Gasteiger partial charge is 0.420 e. The van der Waals surface area contributed by atoms with Crippen molar-refractivity contribution in [3.05, 3.63) is 57.8 Å². The Bertz CT molecular complexity index is 1180. The van der Waals surface area contributed by atoms with Gasteiger partial charge in [0.05, 0.1) is 23.3 Å². The Morgan fingerprint density at radius 3 is 2.63 bits per heavy atom. The maximum atomic E-state index is 14.5. The molecule has 0 amide bonds. The lowest BCUT2D eigenvalue weighted by molar-refractivity contribution is 0.0538. The molecule has 0 saturated carbocycles. The van der Waals surface area contributed by atoms with Gasteiger partial charge in [0.1, 0.15) is 11.4 Å². The van der Waals surface area contributed by atoms with Gasteiger partial charge >= 0.3 is 6.09 Å². The molecule has 1 aromatic carbocycles. The van der Waals surface area contributed by atoms with Crippen LogP contribution in [0.15, 0.2) is 29.2 Å². The highest BCUT2D eigenvalue weighted by Crippen LogP contribution is 2.27. The van der Waals surface area contributed by atoms with E-state index in [1.807, 2.05) is 6.92 Å². The first-order chi connectivity index (χ1) is 14.0. The van der Waals surface area contributed by atoms with E-state index in [2.05, 4.69) is 4.98 Å². The van der Waals surface area contributed by atoms with E-state index >= 15 is 0 Å². The van der Waals surface area contributed by atoms with Crippen LogP contribution >= 0.6 is 0 Å².